The van der Waals surface area contributed by atoms with Gasteiger partial charge in [0.25, 0.3) is 0 Å². The molecule has 0 aromatic heterocycles. The number of amides is 1. The number of nitrogens with one attached hydrogen (secondary N) is 1. The number of hydrogen-bond acceptors (Lipinski definition) is 4. The number of amidine groups is 1. The molecule has 2 heterocycles. The predicted octanol–water partition coefficient (Wildman–Crippen LogP) is 4.34. The number of rotatable bonds is 2. The normalized spacial score (nSPS) is 24.4. The van der Waals surface area contributed by atoms with Gasteiger partial charge in [-0.1, -0.05) is 41.5 Å². The zero-order valence-electron chi connectivity index (χ0n) is 17.4. The zero-order valence-corrected chi connectivity index (χ0v) is 17.4. The molecule has 2 aliphatic heterocycles. The minimum Gasteiger partial charge on any atom is -0.447 e. The Bertz CT molecular complexity index is 591. The topological polar surface area (TPSA) is 53.9 Å². The van der Waals surface area contributed by atoms with E-state index in [0.717, 1.165) is 18.8 Å². The van der Waals surface area contributed by atoms with Gasteiger partial charge in [-0.3, -0.25) is 4.99 Å². The van der Waals surface area contributed by atoms with Gasteiger partial charge in [0.2, 0.25) is 0 Å². The Labute approximate surface area is 152 Å². The maximum Gasteiger partial charge on any atom is 0.407 e. The molecule has 5 nitrogen and oxygen atoms in total. The van der Waals surface area contributed by atoms with Crippen molar-refractivity contribution in [3.8, 4) is 0 Å². The third-order valence-electron chi connectivity index (χ3n) is 4.61. The van der Waals surface area contributed by atoms with Crippen molar-refractivity contribution in [1.29, 1.82) is 0 Å². The quantitative estimate of drug-likeness (QED) is 0.807. The standard InChI is InChI=1S/C20H35N3O2/c1-12(2)25-18(24)22-14-10-15-16(19(4,5)6)13(3)21-17(20(7,8)9)23(15)11-14/h12-14H,10-11H2,1-9H3,(H,22,24)/t13-,14+/m0/s1. The molecule has 0 unspecified atom stereocenters. The van der Waals surface area contributed by atoms with E-state index in [-0.39, 0.29) is 35.1 Å². The highest BCUT2D eigenvalue weighted by molar-refractivity contribution is 5.90. The van der Waals surface area contributed by atoms with Crippen molar-refractivity contribution < 1.29 is 9.53 Å². The Balaban J connectivity index is 2.33. The summed E-state index contributed by atoms with van der Waals surface area (Å²) in [6, 6.07) is 0.221. The summed E-state index contributed by atoms with van der Waals surface area (Å²) < 4.78 is 5.26. The smallest absolute Gasteiger partial charge is 0.407 e. The average molecular weight is 350 g/mol. The van der Waals surface area contributed by atoms with Crippen molar-refractivity contribution in [2.24, 2.45) is 15.8 Å². The van der Waals surface area contributed by atoms with E-state index < -0.39 is 0 Å². The molecular weight excluding hydrogens is 314 g/mol. The van der Waals surface area contributed by atoms with Crippen molar-refractivity contribution in [2.75, 3.05) is 6.54 Å². The maximum absolute atomic E-state index is 12.0. The third-order valence-corrected chi connectivity index (χ3v) is 4.61. The van der Waals surface area contributed by atoms with Gasteiger partial charge in [-0.15, -0.1) is 0 Å². The van der Waals surface area contributed by atoms with Crippen LogP contribution in [0.25, 0.3) is 0 Å². The van der Waals surface area contributed by atoms with Crippen LogP contribution in [-0.2, 0) is 4.74 Å². The Kier molecular flexibility index (Phi) is 5.27. The Hall–Kier alpha value is -1.52. The van der Waals surface area contributed by atoms with Crippen LogP contribution in [0.5, 0.6) is 0 Å². The first-order chi connectivity index (χ1) is 11.3. The van der Waals surface area contributed by atoms with Gasteiger partial charge in [-0.05, 0) is 31.8 Å². The molecular formula is C20H35N3O2. The lowest BCUT2D eigenvalue weighted by Crippen LogP contribution is -2.45. The molecule has 0 spiro atoms. The van der Waals surface area contributed by atoms with Crippen LogP contribution in [0.2, 0.25) is 0 Å². The molecule has 0 saturated carbocycles. The Morgan fingerprint density at radius 3 is 2.28 bits per heavy atom. The van der Waals surface area contributed by atoms with Crippen LogP contribution >= 0.6 is 0 Å². The van der Waals surface area contributed by atoms with Crippen LogP contribution in [0, 0.1) is 10.8 Å². The molecule has 1 amide bonds. The molecule has 1 saturated heterocycles. The van der Waals surface area contributed by atoms with Crippen molar-refractivity contribution in [2.45, 2.75) is 86.9 Å². The summed E-state index contributed by atoms with van der Waals surface area (Å²) in [7, 11) is 0. The van der Waals surface area contributed by atoms with Gasteiger partial charge in [-0.2, -0.15) is 0 Å². The van der Waals surface area contributed by atoms with E-state index in [1.54, 1.807) is 0 Å². The van der Waals surface area contributed by atoms with Gasteiger partial charge in [0, 0.05) is 24.1 Å². The van der Waals surface area contributed by atoms with Crippen LogP contribution in [0.4, 0.5) is 4.79 Å². The molecule has 5 heteroatoms. The number of carbonyl (C=O) groups is 1. The largest absolute Gasteiger partial charge is 0.447 e. The molecule has 0 aromatic carbocycles. The summed E-state index contributed by atoms with van der Waals surface area (Å²) in [6.07, 6.45) is 0.388. The number of hydrogen-bond donors (Lipinski definition) is 1. The SMILES string of the molecule is CC(C)OC(=O)N[C@@H]1CC2=C(C(C)(C)C)[C@H](C)N=C(C(C)(C)C)N2C1. The first-order valence-electron chi connectivity index (χ1n) is 9.37. The van der Waals surface area contributed by atoms with E-state index in [1.807, 2.05) is 13.8 Å². The highest BCUT2D eigenvalue weighted by Crippen LogP contribution is 2.42. The van der Waals surface area contributed by atoms with Crippen molar-refractivity contribution in [3.05, 3.63) is 11.3 Å². The van der Waals surface area contributed by atoms with E-state index in [4.69, 9.17) is 9.73 Å². The lowest BCUT2D eigenvalue weighted by molar-refractivity contribution is 0.112. The fourth-order valence-corrected chi connectivity index (χ4v) is 3.94. The predicted molar refractivity (Wildman–Crippen MR) is 103 cm³/mol. The molecule has 0 radical (unpaired) electrons. The summed E-state index contributed by atoms with van der Waals surface area (Å²) in [6.45, 7) is 20.0. The number of fused-ring (bicyclic) bond motifs is 1. The molecule has 1 fully saturated rings. The Morgan fingerprint density at radius 1 is 1.20 bits per heavy atom. The second-order valence-corrected chi connectivity index (χ2v) is 9.60. The summed E-state index contributed by atoms with van der Waals surface area (Å²) in [5.41, 5.74) is 2.72. The summed E-state index contributed by atoms with van der Waals surface area (Å²) >= 11 is 0. The van der Waals surface area contributed by atoms with Crippen LogP contribution in [0.3, 0.4) is 0 Å². The average Bonchev–Trinajstić information content (AvgIpc) is 2.75. The lowest BCUT2D eigenvalue weighted by atomic mass is 9.79. The number of alkyl carbamates (subject to hydrolysis) is 1. The molecule has 0 bridgehead atoms. The first-order valence-corrected chi connectivity index (χ1v) is 9.37. The summed E-state index contributed by atoms with van der Waals surface area (Å²) in [4.78, 5) is 19.4. The molecule has 2 rings (SSSR count). The van der Waals surface area contributed by atoms with Gasteiger partial charge >= 0.3 is 6.09 Å². The number of aliphatic imine (C=N–C) groups is 1. The van der Waals surface area contributed by atoms with Gasteiger partial charge in [0.1, 0.15) is 5.84 Å². The van der Waals surface area contributed by atoms with Gasteiger partial charge in [0.05, 0.1) is 18.2 Å². The number of carbonyl (C=O) groups excluding carboxylic acids is 1. The number of nitrogens with zero attached hydrogens (tertiary/aromatic N) is 2. The Morgan fingerprint density at radius 2 is 1.80 bits per heavy atom. The van der Waals surface area contributed by atoms with Crippen LogP contribution in [0.15, 0.2) is 16.3 Å². The van der Waals surface area contributed by atoms with E-state index in [1.165, 1.54) is 11.3 Å². The monoisotopic (exact) mass is 349 g/mol. The lowest BCUT2D eigenvalue weighted by Gasteiger charge is -2.41. The van der Waals surface area contributed by atoms with Crippen molar-refractivity contribution in [1.82, 2.24) is 10.2 Å². The third kappa shape index (κ3) is 4.36. The molecule has 1 N–H and O–H groups in total. The van der Waals surface area contributed by atoms with Gasteiger partial charge < -0.3 is 15.0 Å². The fraction of sp³-hybridized carbons (Fsp3) is 0.800. The molecule has 0 aromatic rings. The minimum absolute atomic E-state index is 0.0315. The van der Waals surface area contributed by atoms with Gasteiger partial charge in [0.15, 0.2) is 0 Å². The van der Waals surface area contributed by atoms with E-state index in [9.17, 15) is 4.79 Å². The van der Waals surface area contributed by atoms with Crippen LogP contribution in [-0.4, -0.2) is 41.6 Å². The minimum atomic E-state index is -0.333. The molecule has 2 aliphatic rings. The van der Waals surface area contributed by atoms with Crippen molar-refractivity contribution >= 4 is 11.9 Å². The molecule has 25 heavy (non-hydrogen) atoms. The van der Waals surface area contributed by atoms with Crippen LogP contribution < -0.4 is 5.32 Å². The second-order valence-electron chi connectivity index (χ2n) is 9.60. The van der Waals surface area contributed by atoms with E-state index in [0.29, 0.717) is 0 Å². The number of ether oxygens (including phenoxy) is 1. The fourth-order valence-electron chi connectivity index (χ4n) is 3.94. The zero-order chi connectivity index (χ0) is 19.2. The first kappa shape index (κ1) is 19.8. The molecule has 142 valence electrons. The second kappa shape index (κ2) is 6.65. The highest BCUT2D eigenvalue weighted by atomic mass is 16.6. The summed E-state index contributed by atoms with van der Waals surface area (Å²) in [5, 5.41) is 3.03. The van der Waals surface area contributed by atoms with E-state index >= 15 is 0 Å². The molecule has 0 aliphatic carbocycles. The van der Waals surface area contributed by atoms with Gasteiger partial charge in [-0.25, -0.2) is 4.79 Å². The molecule has 2 atom stereocenters. The van der Waals surface area contributed by atoms with Crippen LogP contribution in [0.1, 0.15) is 68.7 Å². The summed E-state index contributed by atoms with van der Waals surface area (Å²) in [5.74, 6) is 1.12. The maximum atomic E-state index is 12.0. The van der Waals surface area contributed by atoms with E-state index in [2.05, 4.69) is 58.7 Å². The van der Waals surface area contributed by atoms with Crippen molar-refractivity contribution in [3.63, 3.8) is 0 Å². The highest BCUT2D eigenvalue weighted by Gasteiger charge is 2.42.